The van der Waals surface area contributed by atoms with Gasteiger partial charge in [-0.2, -0.15) is 0 Å². The fraction of sp³-hybridized carbons (Fsp3) is 0.561. The molecule has 0 saturated heterocycles. The van der Waals surface area contributed by atoms with Crippen LogP contribution in [0.15, 0.2) is 72.8 Å². The van der Waals surface area contributed by atoms with Crippen molar-refractivity contribution < 1.29 is 19.3 Å². The molecule has 4 unspecified atom stereocenters. The Hall–Kier alpha value is -3.06. The highest BCUT2D eigenvalue weighted by Gasteiger charge is 2.28. The molecule has 2 aliphatic rings. The van der Waals surface area contributed by atoms with E-state index in [0.29, 0.717) is 37.5 Å². The largest absolute Gasteiger partial charge is 0.490 e. The van der Waals surface area contributed by atoms with Gasteiger partial charge in [0.1, 0.15) is 5.75 Å². The summed E-state index contributed by atoms with van der Waals surface area (Å²) in [7, 11) is 3.73. The second kappa shape index (κ2) is 18.5. The van der Waals surface area contributed by atoms with E-state index in [1.54, 1.807) is 0 Å². The van der Waals surface area contributed by atoms with Crippen LogP contribution in [-0.2, 0) is 9.47 Å². The highest BCUT2D eigenvalue weighted by molar-refractivity contribution is 5.56. The van der Waals surface area contributed by atoms with Crippen molar-refractivity contribution >= 4 is 11.4 Å². The molecular formula is C41H58N2O4. The summed E-state index contributed by atoms with van der Waals surface area (Å²) < 4.78 is 18.9. The topological polar surface area (TPSA) is 72.0 Å². The second-order valence-corrected chi connectivity index (χ2v) is 14.0. The Labute approximate surface area is 283 Å². The molecule has 5 rings (SSSR count). The lowest BCUT2D eigenvalue weighted by Crippen LogP contribution is -2.31. The van der Waals surface area contributed by atoms with Crippen LogP contribution in [0.25, 0.3) is 0 Å². The number of ether oxygens (including phenoxy) is 3. The monoisotopic (exact) mass is 642 g/mol. The normalized spacial score (nSPS) is 24.6. The Kier molecular flexibility index (Phi) is 13.9. The van der Waals surface area contributed by atoms with Gasteiger partial charge < -0.3 is 30.0 Å². The molecule has 0 aliphatic heterocycles. The number of hydrogen-bond donors (Lipinski definition) is 3. The maximum Gasteiger partial charge on any atom is 0.123 e. The summed E-state index contributed by atoms with van der Waals surface area (Å²) >= 11 is 0. The van der Waals surface area contributed by atoms with E-state index >= 15 is 0 Å². The molecule has 3 aromatic rings. The van der Waals surface area contributed by atoms with Crippen molar-refractivity contribution in [3.8, 4) is 5.75 Å². The van der Waals surface area contributed by atoms with E-state index in [1.165, 1.54) is 55.2 Å². The van der Waals surface area contributed by atoms with Crippen LogP contribution in [0, 0.1) is 12.8 Å². The molecule has 2 saturated carbocycles. The SMILES string of the molecule is CNc1cccc(NCC(O)COCC2CC(OC)CCCC(Oc3ccccc3C3CCCC(c4cccc(C)c4)CCC3)C2)c1. The first-order chi connectivity index (χ1) is 23.0. The molecule has 256 valence electrons. The van der Waals surface area contributed by atoms with Gasteiger partial charge in [-0.05, 0) is 118 Å². The lowest BCUT2D eigenvalue weighted by molar-refractivity contribution is -0.00938. The van der Waals surface area contributed by atoms with Crippen LogP contribution in [0.2, 0.25) is 0 Å². The van der Waals surface area contributed by atoms with Crippen LogP contribution in [-0.4, -0.2) is 57.3 Å². The molecule has 0 spiro atoms. The molecule has 6 nitrogen and oxygen atoms in total. The molecule has 3 N–H and O–H groups in total. The van der Waals surface area contributed by atoms with E-state index in [1.807, 2.05) is 38.4 Å². The average molecular weight is 643 g/mol. The van der Waals surface area contributed by atoms with E-state index in [0.717, 1.165) is 49.2 Å². The van der Waals surface area contributed by atoms with Crippen molar-refractivity contribution in [3.05, 3.63) is 89.5 Å². The number of anilines is 2. The Morgan fingerprint density at radius 2 is 1.49 bits per heavy atom. The Balaban J connectivity index is 1.15. The predicted molar refractivity (Wildman–Crippen MR) is 194 cm³/mol. The van der Waals surface area contributed by atoms with E-state index in [-0.39, 0.29) is 12.2 Å². The maximum atomic E-state index is 10.6. The standard InChI is InChI=1S/C41H58N2O4/c1-30-11-6-16-34(23-30)32-12-7-14-33(15-8-13-32)40-21-4-5-22-41(40)47-39-20-10-19-38(45-3)24-31(25-39)28-46-29-37(44)27-43-36-18-9-17-35(26-36)42-2/h4-6,9,11,16-18,21-23,26,31-33,37-39,42-44H,7-8,10,12-15,19-20,24-25,27-29H2,1-3H3. The summed E-state index contributed by atoms with van der Waals surface area (Å²) in [6.45, 7) is 3.54. The molecular weight excluding hydrogens is 584 g/mol. The summed E-state index contributed by atoms with van der Waals surface area (Å²) in [5, 5.41) is 17.1. The smallest absolute Gasteiger partial charge is 0.123 e. The van der Waals surface area contributed by atoms with Gasteiger partial charge in [0.2, 0.25) is 0 Å². The third kappa shape index (κ3) is 11.0. The average Bonchev–Trinajstić information content (AvgIpc) is 3.06. The summed E-state index contributed by atoms with van der Waals surface area (Å²) in [5.41, 5.74) is 6.29. The number of aliphatic hydroxyl groups is 1. The van der Waals surface area contributed by atoms with Gasteiger partial charge in [0.25, 0.3) is 0 Å². The molecule has 0 radical (unpaired) electrons. The number of methoxy groups -OCH3 is 1. The number of aryl methyl sites for hydroxylation is 1. The van der Waals surface area contributed by atoms with Gasteiger partial charge in [-0.15, -0.1) is 0 Å². The first-order valence-electron chi connectivity index (χ1n) is 18.1. The van der Waals surface area contributed by atoms with Crippen LogP contribution in [0.1, 0.15) is 99.2 Å². The number of para-hydroxylation sites is 1. The molecule has 3 aromatic carbocycles. The van der Waals surface area contributed by atoms with Crippen molar-refractivity contribution in [2.75, 3.05) is 44.5 Å². The van der Waals surface area contributed by atoms with Gasteiger partial charge in [-0.1, -0.05) is 66.9 Å². The van der Waals surface area contributed by atoms with Crippen LogP contribution in [0.4, 0.5) is 11.4 Å². The number of benzene rings is 3. The van der Waals surface area contributed by atoms with Crippen LogP contribution in [0.3, 0.4) is 0 Å². The van der Waals surface area contributed by atoms with Crippen molar-refractivity contribution in [1.29, 1.82) is 0 Å². The van der Waals surface area contributed by atoms with Gasteiger partial charge >= 0.3 is 0 Å². The first kappa shape index (κ1) is 35.3. The molecule has 0 heterocycles. The highest BCUT2D eigenvalue weighted by atomic mass is 16.5. The minimum absolute atomic E-state index is 0.146. The molecule has 4 atom stereocenters. The van der Waals surface area contributed by atoms with Crippen molar-refractivity contribution in [1.82, 2.24) is 0 Å². The maximum absolute atomic E-state index is 10.6. The van der Waals surface area contributed by atoms with E-state index < -0.39 is 6.10 Å². The van der Waals surface area contributed by atoms with Crippen LogP contribution in [0.5, 0.6) is 5.75 Å². The number of nitrogens with one attached hydrogen (secondary N) is 2. The third-order valence-electron chi connectivity index (χ3n) is 10.3. The highest BCUT2D eigenvalue weighted by Crippen LogP contribution is 2.40. The van der Waals surface area contributed by atoms with E-state index in [4.69, 9.17) is 14.2 Å². The summed E-state index contributed by atoms with van der Waals surface area (Å²) in [4.78, 5) is 0. The molecule has 2 fully saturated rings. The molecule has 0 aromatic heterocycles. The number of aliphatic hydroxyl groups excluding tert-OH is 1. The third-order valence-corrected chi connectivity index (χ3v) is 10.3. The van der Waals surface area contributed by atoms with Gasteiger partial charge in [0, 0.05) is 38.7 Å². The van der Waals surface area contributed by atoms with Gasteiger partial charge in [0.15, 0.2) is 0 Å². The number of rotatable bonds is 13. The van der Waals surface area contributed by atoms with Crippen molar-refractivity contribution in [2.24, 2.45) is 5.92 Å². The minimum Gasteiger partial charge on any atom is -0.490 e. The van der Waals surface area contributed by atoms with E-state index in [9.17, 15) is 5.11 Å². The van der Waals surface area contributed by atoms with Crippen molar-refractivity contribution in [3.63, 3.8) is 0 Å². The van der Waals surface area contributed by atoms with E-state index in [2.05, 4.69) is 66.1 Å². The molecule has 2 aliphatic carbocycles. The summed E-state index contributed by atoms with van der Waals surface area (Å²) in [6.07, 6.45) is 12.3. The van der Waals surface area contributed by atoms with Crippen LogP contribution >= 0.6 is 0 Å². The summed E-state index contributed by atoms with van der Waals surface area (Å²) in [5.74, 6) is 2.61. The zero-order chi connectivity index (χ0) is 32.8. The zero-order valence-electron chi connectivity index (χ0n) is 29.0. The van der Waals surface area contributed by atoms with Gasteiger partial charge in [0.05, 0.1) is 24.9 Å². The molecule has 47 heavy (non-hydrogen) atoms. The zero-order valence-corrected chi connectivity index (χ0v) is 29.0. The Morgan fingerprint density at radius 3 is 2.28 bits per heavy atom. The Bertz CT molecular complexity index is 1340. The first-order valence-corrected chi connectivity index (χ1v) is 18.1. The fourth-order valence-electron chi connectivity index (χ4n) is 7.74. The molecule has 0 amide bonds. The van der Waals surface area contributed by atoms with Crippen LogP contribution < -0.4 is 15.4 Å². The molecule has 0 bridgehead atoms. The predicted octanol–water partition coefficient (Wildman–Crippen LogP) is 9.09. The van der Waals surface area contributed by atoms with Gasteiger partial charge in [-0.25, -0.2) is 0 Å². The fourth-order valence-corrected chi connectivity index (χ4v) is 7.74. The summed E-state index contributed by atoms with van der Waals surface area (Å²) in [6, 6.07) is 26.0. The Morgan fingerprint density at radius 1 is 0.787 bits per heavy atom. The minimum atomic E-state index is -0.588. The lowest BCUT2D eigenvalue weighted by Gasteiger charge is -2.32. The van der Waals surface area contributed by atoms with Gasteiger partial charge in [-0.3, -0.25) is 0 Å². The second-order valence-electron chi connectivity index (χ2n) is 14.0. The molecule has 6 heteroatoms. The lowest BCUT2D eigenvalue weighted by atomic mass is 9.80. The quantitative estimate of drug-likeness (QED) is 0.173. The van der Waals surface area contributed by atoms with Crippen molar-refractivity contribution in [2.45, 2.75) is 108 Å². The number of hydrogen-bond acceptors (Lipinski definition) is 6.